The fraction of sp³-hybridized carbons (Fsp3) is 0.333. The van der Waals surface area contributed by atoms with Gasteiger partial charge in [-0.15, -0.1) is 0 Å². The zero-order valence-corrected chi connectivity index (χ0v) is 27.2. The molecule has 0 radical (unpaired) electrons. The van der Waals surface area contributed by atoms with E-state index in [4.69, 9.17) is 4.52 Å². The van der Waals surface area contributed by atoms with E-state index in [-0.39, 0.29) is 30.1 Å². The van der Waals surface area contributed by atoms with Gasteiger partial charge in [-0.2, -0.15) is 5.26 Å². The zero-order valence-electron chi connectivity index (χ0n) is 26.4. The van der Waals surface area contributed by atoms with Crippen molar-refractivity contribution in [3.8, 4) is 6.07 Å². The van der Waals surface area contributed by atoms with Gasteiger partial charge in [0, 0.05) is 31.6 Å². The maximum Gasteiger partial charge on any atom is 0.274 e. The van der Waals surface area contributed by atoms with Gasteiger partial charge in [0.05, 0.1) is 6.10 Å². The number of carbonyl (C=O) groups is 4. The van der Waals surface area contributed by atoms with Gasteiger partial charge < -0.3 is 30.5 Å². The first-order chi connectivity index (χ1) is 21.9. The van der Waals surface area contributed by atoms with Crippen molar-refractivity contribution in [1.82, 2.24) is 26.0 Å². The molecule has 12 nitrogen and oxygen atoms in total. The van der Waals surface area contributed by atoms with E-state index in [0.717, 1.165) is 21.6 Å². The lowest BCUT2D eigenvalue weighted by Crippen LogP contribution is -2.57. The maximum atomic E-state index is 13.3. The number of nitrogens with one attached hydrogen (secondary N) is 3. The molecule has 1 aromatic heterocycles. The highest BCUT2D eigenvalue weighted by Gasteiger charge is 2.30. The van der Waals surface area contributed by atoms with Gasteiger partial charge in [-0.05, 0) is 62.3 Å². The second-order valence-electron chi connectivity index (χ2n) is 10.9. The molecule has 242 valence electrons. The number of aliphatic hydroxyl groups is 1. The molecule has 0 bridgehead atoms. The van der Waals surface area contributed by atoms with E-state index < -0.39 is 35.9 Å². The molecule has 2 aromatic carbocycles. The molecule has 0 aliphatic carbocycles. The number of thioether (sulfide) groups is 1. The number of hydrogen-bond acceptors (Lipinski definition) is 9. The number of aryl methyl sites for hydroxylation is 3. The molecular weight excluding hydrogens is 608 g/mol. The van der Waals surface area contributed by atoms with Crippen molar-refractivity contribution in [2.75, 3.05) is 14.1 Å². The van der Waals surface area contributed by atoms with E-state index in [9.17, 15) is 29.5 Å². The Labute approximate surface area is 272 Å². The highest BCUT2D eigenvalue weighted by atomic mass is 32.2. The number of nitrogens with zero attached hydrogens (tertiary/aromatic N) is 3. The molecule has 0 spiro atoms. The predicted octanol–water partition coefficient (Wildman–Crippen LogP) is 2.79. The number of likely N-dealkylation sites (N-methyl/N-ethyl adjacent to an activating group) is 1. The van der Waals surface area contributed by atoms with Gasteiger partial charge in [0.1, 0.15) is 29.5 Å². The average molecular weight is 647 g/mol. The Morgan fingerprint density at radius 1 is 1.02 bits per heavy atom. The van der Waals surface area contributed by atoms with E-state index in [1.165, 1.54) is 35.1 Å². The van der Waals surface area contributed by atoms with Crippen LogP contribution in [0.3, 0.4) is 0 Å². The molecule has 0 fully saturated rings. The van der Waals surface area contributed by atoms with Crippen LogP contribution in [0.25, 0.3) is 0 Å². The molecule has 0 unspecified atom stereocenters. The summed E-state index contributed by atoms with van der Waals surface area (Å²) in [5, 5.41) is 32.8. The molecule has 0 saturated heterocycles. The van der Waals surface area contributed by atoms with Crippen LogP contribution < -0.4 is 16.0 Å². The molecule has 0 aliphatic heterocycles. The molecule has 1 heterocycles. The lowest BCUT2D eigenvalue weighted by atomic mass is 10.0. The Bertz CT molecular complexity index is 1590. The van der Waals surface area contributed by atoms with Crippen LogP contribution in [0.15, 0.2) is 75.0 Å². The average Bonchev–Trinajstić information content (AvgIpc) is 3.48. The van der Waals surface area contributed by atoms with Crippen LogP contribution in [0.4, 0.5) is 0 Å². The third kappa shape index (κ3) is 10.6. The van der Waals surface area contributed by atoms with Crippen LogP contribution in [0, 0.1) is 25.2 Å². The number of hydrogen-bond donors (Lipinski definition) is 4. The van der Waals surface area contributed by atoms with Crippen LogP contribution >= 0.6 is 11.8 Å². The van der Waals surface area contributed by atoms with Crippen molar-refractivity contribution in [3.63, 3.8) is 0 Å². The number of aliphatic hydroxyl groups excluding tert-OH is 1. The van der Waals surface area contributed by atoms with Crippen molar-refractivity contribution < 1.29 is 28.8 Å². The summed E-state index contributed by atoms with van der Waals surface area (Å²) >= 11 is 1.24. The molecule has 13 heteroatoms. The number of amides is 4. The summed E-state index contributed by atoms with van der Waals surface area (Å²) in [4.78, 5) is 53.5. The Morgan fingerprint density at radius 2 is 1.67 bits per heavy atom. The van der Waals surface area contributed by atoms with Gasteiger partial charge in [-0.1, -0.05) is 58.9 Å². The topological polar surface area (TPSA) is 178 Å². The fourth-order valence-electron chi connectivity index (χ4n) is 4.18. The Hall–Kier alpha value is -4.93. The molecule has 4 amide bonds. The minimum absolute atomic E-state index is 0.0251. The van der Waals surface area contributed by atoms with E-state index in [0.29, 0.717) is 12.2 Å². The second-order valence-corrected chi connectivity index (χ2v) is 11.9. The molecule has 46 heavy (non-hydrogen) atoms. The fourth-order valence-corrected chi connectivity index (χ4v) is 4.88. The molecule has 4 N–H and O–H groups in total. The number of nitriles is 1. The molecule has 3 rings (SSSR count). The smallest absolute Gasteiger partial charge is 0.274 e. The first-order valence-electron chi connectivity index (χ1n) is 14.5. The van der Waals surface area contributed by atoms with E-state index in [1.54, 1.807) is 21.0 Å². The minimum atomic E-state index is -1.36. The first kappa shape index (κ1) is 35.5. The van der Waals surface area contributed by atoms with E-state index in [1.807, 2.05) is 61.5 Å². The standard InChI is InChI=1S/C33H38N6O6S/c1-20-6-8-24(9-7-20)18-35-30(41)27(36-32(43)29(22(3)40)37-31(42)28-16-21(2)45-38-28)15-12-23-10-13-26(14-11-23)46-19-25(17-34)33(44)39(4)5/h6-11,13-14,16,19,22,27,29,40H,12,15,18H2,1-5H3,(H,35,41)(H,36,43)(H,37,42)/b25-19+/t22-,27+,29+/m1/s1. The molecule has 3 aromatic rings. The summed E-state index contributed by atoms with van der Waals surface area (Å²) in [7, 11) is 3.15. The SMILES string of the molecule is Cc1ccc(CNC(=O)[C@H](CCc2ccc(S/C=C(\C#N)C(=O)N(C)C)cc2)NC(=O)[C@@H](NC(=O)c2cc(C)on2)[C@@H](C)O)cc1. The summed E-state index contributed by atoms with van der Waals surface area (Å²) < 4.78 is 4.92. The Balaban J connectivity index is 1.72. The Kier molecular flexibility index (Phi) is 13.1. The van der Waals surface area contributed by atoms with Crippen LogP contribution in [-0.2, 0) is 27.3 Å². The third-order valence-corrected chi connectivity index (χ3v) is 7.75. The van der Waals surface area contributed by atoms with Gasteiger partial charge >= 0.3 is 0 Å². The monoisotopic (exact) mass is 646 g/mol. The van der Waals surface area contributed by atoms with Crippen molar-refractivity contribution in [2.45, 2.75) is 63.2 Å². The third-order valence-electron chi connectivity index (χ3n) is 6.85. The van der Waals surface area contributed by atoms with Gasteiger partial charge in [0.15, 0.2) is 5.69 Å². The van der Waals surface area contributed by atoms with Crippen molar-refractivity contribution in [3.05, 3.63) is 93.7 Å². The van der Waals surface area contributed by atoms with Gasteiger partial charge in [-0.25, -0.2) is 0 Å². The lowest BCUT2D eigenvalue weighted by molar-refractivity contribution is -0.131. The van der Waals surface area contributed by atoms with Crippen LogP contribution in [0.2, 0.25) is 0 Å². The van der Waals surface area contributed by atoms with Crippen LogP contribution in [0.5, 0.6) is 0 Å². The summed E-state index contributed by atoms with van der Waals surface area (Å²) in [5.41, 5.74) is 2.83. The highest BCUT2D eigenvalue weighted by Crippen LogP contribution is 2.22. The van der Waals surface area contributed by atoms with E-state index >= 15 is 0 Å². The van der Waals surface area contributed by atoms with Crippen molar-refractivity contribution in [1.29, 1.82) is 5.26 Å². The quantitative estimate of drug-likeness (QED) is 0.116. The highest BCUT2D eigenvalue weighted by molar-refractivity contribution is 8.02. The molecular formula is C33H38N6O6S. The molecule has 0 aliphatic rings. The van der Waals surface area contributed by atoms with Gasteiger partial charge in [0.25, 0.3) is 11.8 Å². The lowest BCUT2D eigenvalue weighted by Gasteiger charge is -2.24. The minimum Gasteiger partial charge on any atom is -0.391 e. The molecule has 0 saturated carbocycles. The number of aromatic nitrogens is 1. The van der Waals surface area contributed by atoms with Crippen molar-refractivity contribution >= 4 is 35.4 Å². The largest absolute Gasteiger partial charge is 0.391 e. The first-order valence-corrected chi connectivity index (χ1v) is 15.4. The summed E-state index contributed by atoms with van der Waals surface area (Å²) in [6.07, 6.45) is -0.644. The number of carbonyl (C=O) groups excluding carboxylic acids is 4. The maximum absolute atomic E-state index is 13.3. The normalized spacial score (nSPS) is 13.1. The summed E-state index contributed by atoms with van der Waals surface area (Å²) in [5.74, 6) is -1.85. The van der Waals surface area contributed by atoms with E-state index in [2.05, 4.69) is 21.1 Å². The van der Waals surface area contributed by atoms with Gasteiger partial charge in [-0.3, -0.25) is 19.2 Å². The second kappa shape index (κ2) is 17.0. The summed E-state index contributed by atoms with van der Waals surface area (Å²) in [6.45, 7) is 5.18. The summed E-state index contributed by atoms with van der Waals surface area (Å²) in [6, 6.07) is 16.0. The van der Waals surface area contributed by atoms with Crippen molar-refractivity contribution in [2.24, 2.45) is 0 Å². The Morgan fingerprint density at radius 3 is 2.24 bits per heavy atom. The number of rotatable bonds is 14. The van der Waals surface area contributed by atoms with Crippen LogP contribution in [-0.4, -0.2) is 71.1 Å². The van der Waals surface area contributed by atoms with Crippen LogP contribution in [0.1, 0.15) is 46.3 Å². The van der Waals surface area contributed by atoms with Gasteiger partial charge in [0.2, 0.25) is 11.8 Å². The predicted molar refractivity (Wildman–Crippen MR) is 172 cm³/mol. The molecule has 3 atom stereocenters. The number of benzene rings is 2. The zero-order chi connectivity index (χ0) is 33.8.